The Labute approximate surface area is 265 Å². The van der Waals surface area contributed by atoms with Crippen molar-refractivity contribution in [1.29, 1.82) is 5.26 Å². The first kappa shape index (κ1) is 30.7. The lowest BCUT2D eigenvalue weighted by molar-refractivity contribution is -0.266. The number of carbonyl (C=O) groups is 1. The summed E-state index contributed by atoms with van der Waals surface area (Å²) in [4.78, 5) is 21.2. The minimum absolute atomic E-state index is 0.00568. The molecule has 1 atom stereocenters. The fraction of sp³-hybridized carbons (Fsp3) is 0.294. The highest BCUT2D eigenvalue weighted by Crippen LogP contribution is 2.48. The van der Waals surface area contributed by atoms with Crippen LogP contribution < -0.4 is 9.64 Å². The van der Waals surface area contributed by atoms with E-state index in [9.17, 15) is 15.2 Å². The molecule has 3 heterocycles. The third-order valence-electron chi connectivity index (χ3n) is 8.51. The summed E-state index contributed by atoms with van der Waals surface area (Å²) in [6, 6.07) is 19.2. The van der Waals surface area contributed by atoms with Crippen molar-refractivity contribution < 1.29 is 27.8 Å². The van der Waals surface area contributed by atoms with E-state index in [-0.39, 0.29) is 16.9 Å². The lowest BCUT2D eigenvalue weighted by Crippen LogP contribution is -2.51. The Hall–Kier alpha value is -4.27. The second-order valence-electron chi connectivity index (χ2n) is 12.1. The highest BCUT2D eigenvalue weighted by molar-refractivity contribution is 9.10. The molecule has 2 aromatic heterocycles. The highest BCUT2D eigenvalue weighted by atomic mass is 79.9. The number of hydrogen-bond donors (Lipinski definition) is 3. The zero-order chi connectivity index (χ0) is 32.1. The van der Waals surface area contributed by atoms with Gasteiger partial charge in [-0.15, -0.1) is 0 Å². The van der Waals surface area contributed by atoms with Gasteiger partial charge in [0, 0.05) is 62.1 Å². The number of aromatic amines is 2. The molecule has 0 saturated heterocycles. The molecule has 7 nitrogen and oxygen atoms in total. The molecule has 5 aromatic rings. The first-order chi connectivity index (χ1) is 21.3. The number of H-pyrrole nitrogens is 2. The van der Waals surface area contributed by atoms with Crippen LogP contribution in [0.3, 0.4) is 0 Å². The van der Waals surface area contributed by atoms with Crippen molar-refractivity contribution in [3.05, 3.63) is 93.7 Å². The fourth-order valence-corrected chi connectivity index (χ4v) is 6.94. The molecule has 0 radical (unpaired) electrons. The van der Waals surface area contributed by atoms with E-state index in [0.717, 1.165) is 16.5 Å². The topological polar surface area (TPSA) is 105 Å². The third-order valence-corrected chi connectivity index (χ3v) is 8.96. The Bertz CT molecular complexity index is 1970. The summed E-state index contributed by atoms with van der Waals surface area (Å²) in [6.07, 6.45) is -4.25. The zero-order valence-corrected chi connectivity index (χ0v) is 26.1. The molecule has 3 aromatic carbocycles. The number of nitrogens with zero attached hydrogens (tertiary/aromatic N) is 2. The van der Waals surface area contributed by atoms with Crippen LogP contribution in [0.4, 0.5) is 18.9 Å². The summed E-state index contributed by atoms with van der Waals surface area (Å²) in [6.45, 7) is 3.32. The van der Waals surface area contributed by atoms with E-state index >= 15 is 13.2 Å². The van der Waals surface area contributed by atoms with Gasteiger partial charge in [0.2, 0.25) is 0 Å². The van der Waals surface area contributed by atoms with Crippen LogP contribution in [0.1, 0.15) is 47.4 Å². The number of rotatable bonds is 8. The Morgan fingerprint density at radius 1 is 1.11 bits per heavy atom. The number of halogens is 4. The Morgan fingerprint density at radius 2 is 1.89 bits per heavy atom. The van der Waals surface area contributed by atoms with E-state index < -0.39 is 42.5 Å². The summed E-state index contributed by atoms with van der Waals surface area (Å²) < 4.78 is 51.6. The van der Waals surface area contributed by atoms with Crippen LogP contribution in [0.15, 0.2) is 71.3 Å². The first-order valence-electron chi connectivity index (χ1n) is 14.4. The molecular weight excluding hydrogens is 649 g/mol. The van der Waals surface area contributed by atoms with Crippen LogP contribution >= 0.6 is 15.9 Å². The monoisotopic (exact) mass is 678 g/mol. The van der Waals surface area contributed by atoms with Gasteiger partial charge >= 0.3 is 6.18 Å². The quantitative estimate of drug-likeness (QED) is 0.146. The van der Waals surface area contributed by atoms with Crippen molar-refractivity contribution in [2.24, 2.45) is 0 Å². The predicted molar refractivity (Wildman–Crippen MR) is 170 cm³/mol. The molecular formula is C34H30BrF3N4O3. The Kier molecular flexibility index (Phi) is 7.70. The number of fused-ring (bicyclic) bond motifs is 3. The van der Waals surface area contributed by atoms with Gasteiger partial charge in [-0.25, -0.2) is 0 Å². The third kappa shape index (κ3) is 5.57. The molecule has 6 rings (SSSR count). The smallest absolute Gasteiger partial charge is 0.417 e. The van der Waals surface area contributed by atoms with E-state index in [1.54, 1.807) is 74.6 Å². The van der Waals surface area contributed by atoms with Crippen molar-refractivity contribution in [3.63, 3.8) is 0 Å². The maximum atomic E-state index is 15.0. The van der Waals surface area contributed by atoms with Gasteiger partial charge in [-0.05, 0) is 59.9 Å². The van der Waals surface area contributed by atoms with E-state index in [0.29, 0.717) is 39.7 Å². The van der Waals surface area contributed by atoms with Crippen LogP contribution in [0.5, 0.6) is 5.75 Å². The summed E-state index contributed by atoms with van der Waals surface area (Å²) in [7, 11) is 0. The second kappa shape index (κ2) is 11.3. The van der Waals surface area contributed by atoms with E-state index in [1.807, 2.05) is 12.1 Å². The zero-order valence-electron chi connectivity index (χ0n) is 24.6. The standard InChI is InChI=1S/C34H30BrF3N4O3/c1-32(2,25-17-23(35)16-21-10-14-45-30(21)25)19-33(44,34(36,37)38)18-28-29(24-5-3-4-6-27(24)41-28)42(13-11-39)31(43)22-7-8-26-20(15-22)9-12-40-26/h3-9,12,15-17,40-41,44H,10,13-14,18-19H2,1-2H3. The number of alkyl halides is 3. The predicted octanol–water partition coefficient (Wildman–Crippen LogP) is 7.72. The number of nitrogens with one attached hydrogen (secondary N) is 2. The molecule has 11 heteroatoms. The number of anilines is 1. The molecule has 1 aliphatic heterocycles. The van der Waals surface area contributed by atoms with Gasteiger partial charge in [0.25, 0.3) is 5.91 Å². The SMILES string of the molecule is CC(C)(CC(O)(Cc1[nH]c2ccccc2c1N(CC#N)C(=O)c1ccc2[nH]ccc2c1)C(F)(F)F)c1cc(Br)cc2c1OCC2. The van der Waals surface area contributed by atoms with Crippen LogP contribution in [-0.2, 0) is 18.3 Å². The minimum atomic E-state index is -5.04. The molecule has 1 amide bonds. The molecule has 0 aliphatic carbocycles. The fourth-order valence-electron chi connectivity index (χ4n) is 6.44. The molecule has 0 spiro atoms. The van der Waals surface area contributed by atoms with Crippen LogP contribution in [-0.4, -0.2) is 45.9 Å². The summed E-state index contributed by atoms with van der Waals surface area (Å²) in [5.74, 6) is -0.00686. The van der Waals surface area contributed by atoms with Crippen molar-refractivity contribution >= 4 is 49.3 Å². The number of amides is 1. The van der Waals surface area contributed by atoms with Crippen LogP contribution in [0, 0.1) is 11.3 Å². The second-order valence-corrected chi connectivity index (χ2v) is 13.0. The van der Waals surface area contributed by atoms with Crippen molar-refractivity contribution in [3.8, 4) is 11.8 Å². The Balaban J connectivity index is 1.45. The van der Waals surface area contributed by atoms with Gasteiger partial charge in [0.15, 0.2) is 5.60 Å². The van der Waals surface area contributed by atoms with Gasteiger partial charge < -0.3 is 19.8 Å². The summed E-state index contributed by atoms with van der Waals surface area (Å²) >= 11 is 3.47. The number of carbonyl (C=O) groups excluding carboxylic acids is 1. The molecule has 3 N–H and O–H groups in total. The average Bonchev–Trinajstić information content (AvgIpc) is 3.72. The first-order valence-corrected chi connectivity index (χ1v) is 15.2. The molecule has 0 fully saturated rings. The molecule has 1 unspecified atom stereocenters. The van der Waals surface area contributed by atoms with Gasteiger partial charge in [-0.2, -0.15) is 18.4 Å². The molecule has 0 bridgehead atoms. The van der Waals surface area contributed by atoms with Gasteiger partial charge in [-0.1, -0.05) is 48.0 Å². The van der Waals surface area contributed by atoms with Crippen molar-refractivity contribution in [1.82, 2.24) is 9.97 Å². The van der Waals surface area contributed by atoms with Crippen LogP contribution in [0.2, 0.25) is 0 Å². The molecule has 45 heavy (non-hydrogen) atoms. The average molecular weight is 680 g/mol. The Morgan fingerprint density at radius 3 is 2.64 bits per heavy atom. The lowest BCUT2D eigenvalue weighted by Gasteiger charge is -2.38. The normalized spacial score (nSPS) is 14.6. The van der Waals surface area contributed by atoms with Gasteiger partial charge in [0.1, 0.15) is 12.3 Å². The largest absolute Gasteiger partial charge is 0.493 e. The highest BCUT2D eigenvalue weighted by Gasteiger charge is 2.57. The number of para-hydroxylation sites is 1. The lowest BCUT2D eigenvalue weighted by atomic mass is 9.72. The molecule has 0 saturated carbocycles. The minimum Gasteiger partial charge on any atom is -0.493 e. The van der Waals surface area contributed by atoms with Crippen molar-refractivity contribution in [2.75, 3.05) is 18.1 Å². The van der Waals surface area contributed by atoms with Crippen molar-refractivity contribution in [2.45, 2.75) is 50.3 Å². The van der Waals surface area contributed by atoms with E-state index in [1.165, 1.54) is 4.90 Å². The summed E-state index contributed by atoms with van der Waals surface area (Å²) in [5.41, 5.74) is -1.27. The van der Waals surface area contributed by atoms with Gasteiger partial charge in [-0.3, -0.25) is 9.69 Å². The number of nitriles is 1. The summed E-state index contributed by atoms with van der Waals surface area (Å²) in [5, 5.41) is 22.7. The van der Waals surface area contributed by atoms with Crippen LogP contribution in [0.25, 0.3) is 21.8 Å². The number of aliphatic hydroxyl groups is 1. The number of aromatic nitrogens is 2. The van der Waals surface area contributed by atoms with E-state index in [4.69, 9.17) is 4.74 Å². The van der Waals surface area contributed by atoms with E-state index in [2.05, 4.69) is 25.9 Å². The number of hydrogen-bond acceptors (Lipinski definition) is 4. The maximum absolute atomic E-state index is 15.0. The van der Waals surface area contributed by atoms with Gasteiger partial charge in [0.05, 0.1) is 18.4 Å². The molecule has 232 valence electrons. The maximum Gasteiger partial charge on any atom is 0.417 e. The number of benzene rings is 3. The number of ether oxygens (including phenoxy) is 1. The molecule has 1 aliphatic rings.